The molecule has 0 aromatic heterocycles. The van der Waals surface area contributed by atoms with Gasteiger partial charge < -0.3 is 10.4 Å². The van der Waals surface area contributed by atoms with E-state index in [4.69, 9.17) is 5.11 Å². The van der Waals surface area contributed by atoms with Crippen molar-refractivity contribution >= 4 is 21.6 Å². The molecule has 0 amide bonds. The number of rotatable bonds is 3. The zero-order chi connectivity index (χ0) is 12.3. The molecule has 6 heteroatoms. The summed E-state index contributed by atoms with van der Waals surface area (Å²) in [6, 6.07) is 3.33. The van der Waals surface area contributed by atoms with E-state index >= 15 is 0 Å². The van der Waals surface area contributed by atoms with Crippen LogP contribution in [0.5, 0.6) is 0 Å². The van der Waals surface area contributed by atoms with E-state index in [2.05, 4.69) is 21.2 Å². The average Bonchev–Trinajstić information content (AvgIpc) is 2.14. The van der Waals surface area contributed by atoms with Crippen molar-refractivity contribution in [2.75, 3.05) is 11.9 Å². The minimum atomic E-state index is -4.36. The summed E-state index contributed by atoms with van der Waals surface area (Å²) < 4.78 is 37.7. The standard InChI is InChI=1S/C10H11BrF3NO/c1-6(16)5-15-9-4-7(10(12,13)14)2-3-8(9)11/h2-4,6,15-16H,5H2,1H3. The average molecular weight is 298 g/mol. The zero-order valence-electron chi connectivity index (χ0n) is 8.48. The van der Waals surface area contributed by atoms with Crippen LogP contribution in [-0.4, -0.2) is 17.8 Å². The number of hydrogen-bond donors (Lipinski definition) is 2. The zero-order valence-corrected chi connectivity index (χ0v) is 10.1. The number of aliphatic hydroxyl groups excluding tert-OH is 1. The molecule has 0 saturated heterocycles. The van der Waals surface area contributed by atoms with Crippen molar-refractivity contribution in [2.24, 2.45) is 0 Å². The molecule has 1 rings (SSSR count). The molecule has 1 atom stereocenters. The molecule has 0 radical (unpaired) electrons. The number of alkyl halides is 3. The second kappa shape index (κ2) is 5.05. The smallest absolute Gasteiger partial charge is 0.392 e. The number of hydrogen-bond acceptors (Lipinski definition) is 2. The van der Waals surface area contributed by atoms with Crippen LogP contribution in [0.4, 0.5) is 18.9 Å². The lowest BCUT2D eigenvalue weighted by Crippen LogP contribution is -2.16. The van der Waals surface area contributed by atoms with Gasteiger partial charge in [0.25, 0.3) is 0 Å². The Labute approximate surface area is 99.6 Å². The Morgan fingerprint density at radius 3 is 2.56 bits per heavy atom. The Kier molecular flexibility index (Phi) is 4.21. The molecule has 90 valence electrons. The highest BCUT2D eigenvalue weighted by atomic mass is 79.9. The summed E-state index contributed by atoms with van der Waals surface area (Å²) >= 11 is 3.14. The van der Waals surface area contributed by atoms with E-state index in [1.165, 1.54) is 6.07 Å². The van der Waals surface area contributed by atoms with Crippen molar-refractivity contribution in [3.8, 4) is 0 Å². The lowest BCUT2D eigenvalue weighted by atomic mass is 10.2. The summed E-state index contributed by atoms with van der Waals surface area (Å²) in [7, 11) is 0. The van der Waals surface area contributed by atoms with E-state index in [0.717, 1.165) is 12.1 Å². The second-order valence-electron chi connectivity index (χ2n) is 3.42. The summed E-state index contributed by atoms with van der Waals surface area (Å²) in [5, 5.41) is 11.8. The van der Waals surface area contributed by atoms with Crippen LogP contribution in [-0.2, 0) is 6.18 Å². The van der Waals surface area contributed by atoms with E-state index in [-0.39, 0.29) is 6.54 Å². The molecule has 0 aliphatic heterocycles. The fourth-order valence-corrected chi connectivity index (χ4v) is 1.48. The van der Waals surface area contributed by atoms with Crippen molar-refractivity contribution in [3.05, 3.63) is 28.2 Å². The first kappa shape index (κ1) is 13.3. The summed E-state index contributed by atoms with van der Waals surface area (Å²) in [5.41, 5.74) is -0.403. The monoisotopic (exact) mass is 297 g/mol. The van der Waals surface area contributed by atoms with Crippen LogP contribution < -0.4 is 5.32 Å². The fourth-order valence-electron chi connectivity index (χ4n) is 1.09. The second-order valence-corrected chi connectivity index (χ2v) is 4.28. The Bertz CT molecular complexity index is 366. The molecule has 0 heterocycles. The van der Waals surface area contributed by atoms with Gasteiger partial charge in [-0.15, -0.1) is 0 Å². The highest BCUT2D eigenvalue weighted by Gasteiger charge is 2.30. The maximum Gasteiger partial charge on any atom is 0.416 e. The molecule has 1 aromatic rings. The largest absolute Gasteiger partial charge is 0.416 e. The number of halogens is 4. The normalized spacial score (nSPS) is 13.6. The molecule has 16 heavy (non-hydrogen) atoms. The van der Waals surface area contributed by atoms with Crippen molar-refractivity contribution in [3.63, 3.8) is 0 Å². The predicted molar refractivity (Wildman–Crippen MR) is 59.3 cm³/mol. The van der Waals surface area contributed by atoms with Crippen molar-refractivity contribution < 1.29 is 18.3 Å². The van der Waals surface area contributed by atoms with Gasteiger partial charge in [0.05, 0.1) is 11.7 Å². The Hall–Kier alpha value is -0.750. The van der Waals surface area contributed by atoms with Crippen LogP contribution >= 0.6 is 15.9 Å². The van der Waals surface area contributed by atoms with Gasteiger partial charge in [0, 0.05) is 16.7 Å². The Balaban J connectivity index is 2.91. The molecule has 0 aliphatic rings. The van der Waals surface area contributed by atoms with Crippen molar-refractivity contribution in [1.29, 1.82) is 0 Å². The van der Waals surface area contributed by atoms with Crippen LogP contribution in [0, 0.1) is 0 Å². The summed E-state index contributed by atoms with van der Waals surface area (Å²) in [4.78, 5) is 0. The van der Waals surface area contributed by atoms with E-state index in [0.29, 0.717) is 10.2 Å². The molecule has 0 bridgehead atoms. The van der Waals surface area contributed by atoms with E-state index in [1.807, 2.05) is 0 Å². The van der Waals surface area contributed by atoms with Crippen LogP contribution in [0.2, 0.25) is 0 Å². The fraction of sp³-hybridized carbons (Fsp3) is 0.400. The highest BCUT2D eigenvalue weighted by molar-refractivity contribution is 9.10. The molecule has 0 spiro atoms. The molecule has 2 N–H and O–H groups in total. The van der Waals surface area contributed by atoms with E-state index in [9.17, 15) is 13.2 Å². The van der Waals surface area contributed by atoms with E-state index in [1.54, 1.807) is 6.92 Å². The lowest BCUT2D eigenvalue weighted by molar-refractivity contribution is -0.137. The minimum Gasteiger partial charge on any atom is -0.392 e. The Morgan fingerprint density at radius 2 is 2.06 bits per heavy atom. The topological polar surface area (TPSA) is 32.3 Å². The third kappa shape index (κ3) is 3.68. The van der Waals surface area contributed by atoms with E-state index < -0.39 is 17.8 Å². The molecule has 1 unspecified atom stereocenters. The molecule has 0 fully saturated rings. The van der Waals surface area contributed by atoms with Crippen molar-refractivity contribution in [1.82, 2.24) is 0 Å². The Morgan fingerprint density at radius 1 is 1.44 bits per heavy atom. The first-order valence-electron chi connectivity index (χ1n) is 4.59. The van der Waals surface area contributed by atoms with Gasteiger partial charge in [0.2, 0.25) is 0 Å². The minimum absolute atomic E-state index is 0.194. The summed E-state index contributed by atoms with van der Waals surface area (Å²) in [5.74, 6) is 0. The van der Waals surface area contributed by atoms with Gasteiger partial charge in [-0.3, -0.25) is 0 Å². The third-order valence-corrected chi connectivity index (χ3v) is 2.57. The number of aliphatic hydroxyl groups is 1. The lowest BCUT2D eigenvalue weighted by Gasteiger charge is -2.13. The van der Waals surface area contributed by atoms with Gasteiger partial charge >= 0.3 is 6.18 Å². The van der Waals surface area contributed by atoms with Crippen molar-refractivity contribution in [2.45, 2.75) is 19.2 Å². The van der Waals surface area contributed by atoms with Crippen LogP contribution in [0.25, 0.3) is 0 Å². The van der Waals surface area contributed by atoms with Crippen LogP contribution in [0.3, 0.4) is 0 Å². The molecular formula is C10H11BrF3NO. The molecular weight excluding hydrogens is 287 g/mol. The van der Waals surface area contributed by atoms with Gasteiger partial charge in [0.15, 0.2) is 0 Å². The first-order chi connectivity index (χ1) is 7.30. The maximum atomic E-state index is 12.4. The van der Waals surface area contributed by atoms with Crippen LogP contribution in [0.1, 0.15) is 12.5 Å². The van der Waals surface area contributed by atoms with Gasteiger partial charge in [-0.1, -0.05) is 0 Å². The van der Waals surface area contributed by atoms with Gasteiger partial charge in [-0.2, -0.15) is 13.2 Å². The summed E-state index contributed by atoms with van der Waals surface area (Å²) in [6.45, 7) is 1.74. The van der Waals surface area contributed by atoms with Gasteiger partial charge in [0.1, 0.15) is 0 Å². The number of benzene rings is 1. The molecule has 0 saturated carbocycles. The summed E-state index contributed by atoms with van der Waals surface area (Å²) in [6.07, 6.45) is -4.98. The number of nitrogens with one attached hydrogen (secondary N) is 1. The number of anilines is 1. The molecule has 1 aromatic carbocycles. The van der Waals surface area contributed by atoms with Gasteiger partial charge in [-0.05, 0) is 41.1 Å². The SMILES string of the molecule is CC(O)CNc1cc(C(F)(F)F)ccc1Br. The van der Waals surface area contributed by atoms with Crippen LogP contribution in [0.15, 0.2) is 22.7 Å². The third-order valence-electron chi connectivity index (χ3n) is 1.88. The van der Waals surface area contributed by atoms with Gasteiger partial charge in [-0.25, -0.2) is 0 Å². The first-order valence-corrected chi connectivity index (χ1v) is 5.38. The highest BCUT2D eigenvalue weighted by Crippen LogP contribution is 2.33. The maximum absolute atomic E-state index is 12.4. The molecule has 0 aliphatic carbocycles. The quantitative estimate of drug-likeness (QED) is 0.897. The molecule has 2 nitrogen and oxygen atoms in total. The predicted octanol–water partition coefficient (Wildman–Crippen LogP) is 3.26.